The number of nitrogens with zero attached hydrogens (tertiary/aromatic N) is 1. The van der Waals surface area contributed by atoms with Crippen LogP contribution in [0.3, 0.4) is 0 Å². The molecule has 0 aliphatic rings. The van der Waals surface area contributed by atoms with Gasteiger partial charge in [-0.3, -0.25) is 0 Å². The number of ether oxygens (including phenoxy) is 1. The van der Waals surface area contributed by atoms with Crippen molar-refractivity contribution in [1.82, 2.24) is 4.98 Å². The molecule has 1 aromatic heterocycles. The standard InChI is InChI=1S/C19H14ClNO3/c20-16-9-7-15(8-10-16)17-12-21-18(24-17)13-23-19(22)11-6-14-4-2-1-3-5-14/h1-12H,13H2/b11-6+. The maximum absolute atomic E-state index is 11.7. The third-order valence-corrected chi connectivity index (χ3v) is 3.48. The lowest BCUT2D eigenvalue weighted by Gasteiger charge is -1.98. The van der Waals surface area contributed by atoms with E-state index >= 15 is 0 Å². The van der Waals surface area contributed by atoms with Crippen LogP contribution in [0.15, 0.2) is 71.3 Å². The van der Waals surface area contributed by atoms with E-state index in [4.69, 9.17) is 20.8 Å². The molecule has 0 bridgehead atoms. The third kappa shape index (κ3) is 4.33. The summed E-state index contributed by atoms with van der Waals surface area (Å²) in [6.07, 6.45) is 4.65. The van der Waals surface area contributed by atoms with Gasteiger partial charge in [-0.2, -0.15) is 0 Å². The molecular formula is C19H14ClNO3. The fourth-order valence-corrected chi connectivity index (χ4v) is 2.16. The van der Waals surface area contributed by atoms with Gasteiger partial charge in [0.25, 0.3) is 0 Å². The number of carbonyl (C=O) groups excluding carboxylic acids is 1. The molecular weight excluding hydrogens is 326 g/mol. The summed E-state index contributed by atoms with van der Waals surface area (Å²) in [5.74, 6) is 0.476. The van der Waals surface area contributed by atoms with Crippen LogP contribution in [0.5, 0.6) is 0 Å². The fourth-order valence-electron chi connectivity index (χ4n) is 2.03. The minimum absolute atomic E-state index is 0.0223. The molecule has 0 saturated carbocycles. The van der Waals surface area contributed by atoms with E-state index in [1.165, 1.54) is 6.08 Å². The average molecular weight is 340 g/mol. The summed E-state index contributed by atoms with van der Waals surface area (Å²) >= 11 is 5.85. The Hall–Kier alpha value is -2.85. The number of halogens is 1. The van der Waals surface area contributed by atoms with E-state index in [1.54, 1.807) is 24.4 Å². The highest BCUT2D eigenvalue weighted by atomic mass is 35.5. The normalized spacial score (nSPS) is 10.9. The van der Waals surface area contributed by atoms with Gasteiger partial charge in [-0.25, -0.2) is 9.78 Å². The lowest BCUT2D eigenvalue weighted by atomic mass is 10.2. The second kappa shape index (κ2) is 7.62. The van der Waals surface area contributed by atoms with E-state index in [0.717, 1.165) is 11.1 Å². The van der Waals surface area contributed by atoms with Gasteiger partial charge in [-0.1, -0.05) is 41.9 Å². The van der Waals surface area contributed by atoms with Crippen molar-refractivity contribution < 1.29 is 13.9 Å². The summed E-state index contributed by atoms with van der Waals surface area (Å²) in [6, 6.07) is 16.7. The van der Waals surface area contributed by atoms with Gasteiger partial charge in [-0.15, -0.1) is 0 Å². The lowest BCUT2D eigenvalue weighted by molar-refractivity contribution is -0.139. The minimum Gasteiger partial charge on any atom is -0.453 e. The molecule has 24 heavy (non-hydrogen) atoms. The van der Waals surface area contributed by atoms with Gasteiger partial charge < -0.3 is 9.15 Å². The highest BCUT2D eigenvalue weighted by Gasteiger charge is 2.08. The van der Waals surface area contributed by atoms with Crippen molar-refractivity contribution in [2.75, 3.05) is 0 Å². The molecule has 3 rings (SSSR count). The first-order chi connectivity index (χ1) is 11.7. The predicted molar refractivity (Wildman–Crippen MR) is 92.2 cm³/mol. The summed E-state index contributed by atoms with van der Waals surface area (Å²) in [7, 11) is 0. The average Bonchev–Trinajstić information content (AvgIpc) is 3.09. The molecule has 0 aliphatic heterocycles. The van der Waals surface area contributed by atoms with Crippen LogP contribution >= 0.6 is 11.6 Å². The smallest absolute Gasteiger partial charge is 0.331 e. The van der Waals surface area contributed by atoms with Crippen LogP contribution in [0.2, 0.25) is 5.02 Å². The number of benzene rings is 2. The topological polar surface area (TPSA) is 52.3 Å². The van der Waals surface area contributed by atoms with E-state index in [-0.39, 0.29) is 6.61 Å². The molecule has 120 valence electrons. The van der Waals surface area contributed by atoms with Gasteiger partial charge in [-0.05, 0) is 35.9 Å². The zero-order valence-electron chi connectivity index (χ0n) is 12.7. The van der Waals surface area contributed by atoms with Crippen LogP contribution < -0.4 is 0 Å². The zero-order valence-corrected chi connectivity index (χ0v) is 13.4. The summed E-state index contributed by atoms with van der Waals surface area (Å²) < 4.78 is 10.7. The highest BCUT2D eigenvalue weighted by Crippen LogP contribution is 2.22. The molecule has 0 spiro atoms. The van der Waals surface area contributed by atoms with Crippen molar-refractivity contribution in [1.29, 1.82) is 0 Å². The van der Waals surface area contributed by atoms with Crippen molar-refractivity contribution in [3.63, 3.8) is 0 Å². The van der Waals surface area contributed by atoms with Crippen molar-refractivity contribution in [2.24, 2.45) is 0 Å². The fraction of sp³-hybridized carbons (Fsp3) is 0.0526. The zero-order chi connectivity index (χ0) is 16.8. The van der Waals surface area contributed by atoms with E-state index in [2.05, 4.69) is 4.98 Å². The Balaban J connectivity index is 1.56. The molecule has 0 atom stereocenters. The first kappa shape index (κ1) is 16.0. The Kier molecular flexibility index (Phi) is 5.08. The Bertz CT molecular complexity index is 839. The highest BCUT2D eigenvalue weighted by molar-refractivity contribution is 6.30. The van der Waals surface area contributed by atoms with E-state index in [0.29, 0.717) is 16.7 Å². The number of hydrogen-bond donors (Lipinski definition) is 0. The molecule has 0 unspecified atom stereocenters. The van der Waals surface area contributed by atoms with E-state index < -0.39 is 5.97 Å². The van der Waals surface area contributed by atoms with Gasteiger partial charge in [0.15, 0.2) is 12.4 Å². The van der Waals surface area contributed by atoms with Gasteiger partial charge in [0.2, 0.25) is 5.89 Å². The first-order valence-corrected chi connectivity index (χ1v) is 7.69. The van der Waals surface area contributed by atoms with Gasteiger partial charge in [0.1, 0.15) is 0 Å². The Morgan fingerprint density at radius 1 is 1.12 bits per heavy atom. The van der Waals surface area contributed by atoms with Crippen LogP contribution in [0.25, 0.3) is 17.4 Å². The Morgan fingerprint density at radius 2 is 1.88 bits per heavy atom. The quantitative estimate of drug-likeness (QED) is 0.497. The third-order valence-electron chi connectivity index (χ3n) is 3.23. The molecule has 0 amide bonds. The summed E-state index contributed by atoms with van der Waals surface area (Å²) in [5.41, 5.74) is 1.78. The number of esters is 1. The number of rotatable bonds is 5. The summed E-state index contributed by atoms with van der Waals surface area (Å²) in [4.78, 5) is 15.8. The van der Waals surface area contributed by atoms with Crippen LogP contribution in [0.1, 0.15) is 11.5 Å². The van der Waals surface area contributed by atoms with Crippen molar-refractivity contribution in [3.05, 3.63) is 83.3 Å². The number of aromatic nitrogens is 1. The molecule has 3 aromatic rings. The van der Waals surface area contributed by atoms with Gasteiger partial charge in [0, 0.05) is 16.7 Å². The van der Waals surface area contributed by atoms with Crippen molar-refractivity contribution in [3.8, 4) is 11.3 Å². The van der Waals surface area contributed by atoms with E-state index in [1.807, 2.05) is 42.5 Å². The number of hydrogen-bond acceptors (Lipinski definition) is 4. The molecule has 1 heterocycles. The molecule has 0 saturated heterocycles. The second-order valence-corrected chi connectivity index (χ2v) is 5.41. The lowest BCUT2D eigenvalue weighted by Crippen LogP contribution is -2.00. The maximum Gasteiger partial charge on any atom is 0.331 e. The van der Waals surface area contributed by atoms with E-state index in [9.17, 15) is 4.79 Å². The molecule has 4 nitrogen and oxygen atoms in total. The molecule has 0 radical (unpaired) electrons. The second-order valence-electron chi connectivity index (χ2n) is 4.98. The first-order valence-electron chi connectivity index (χ1n) is 7.31. The Morgan fingerprint density at radius 3 is 2.62 bits per heavy atom. The summed E-state index contributed by atoms with van der Waals surface area (Å²) in [5, 5.41) is 0.651. The van der Waals surface area contributed by atoms with Crippen molar-refractivity contribution in [2.45, 2.75) is 6.61 Å². The van der Waals surface area contributed by atoms with Crippen molar-refractivity contribution >= 4 is 23.6 Å². The monoisotopic (exact) mass is 339 g/mol. The largest absolute Gasteiger partial charge is 0.453 e. The summed E-state index contributed by atoms with van der Waals surface area (Å²) in [6.45, 7) is -0.0223. The SMILES string of the molecule is O=C(/C=C/c1ccccc1)OCc1ncc(-c2ccc(Cl)cc2)o1. The minimum atomic E-state index is -0.454. The molecule has 0 fully saturated rings. The number of oxazole rings is 1. The van der Waals surface area contributed by atoms with Crippen LogP contribution in [0.4, 0.5) is 0 Å². The van der Waals surface area contributed by atoms with Crippen LogP contribution in [0, 0.1) is 0 Å². The molecule has 5 heteroatoms. The molecule has 0 N–H and O–H groups in total. The number of carbonyl (C=O) groups is 1. The van der Waals surface area contributed by atoms with Crippen LogP contribution in [-0.2, 0) is 16.1 Å². The van der Waals surface area contributed by atoms with Gasteiger partial charge in [0.05, 0.1) is 6.20 Å². The maximum atomic E-state index is 11.7. The molecule has 2 aromatic carbocycles. The van der Waals surface area contributed by atoms with Crippen LogP contribution in [-0.4, -0.2) is 11.0 Å². The Labute approximate surface area is 144 Å². The molecule has 0 aliphatic carbocycles. The predicted octanol–water partition coefficient (Wildman–Crippen LogP) is 4.75. The van der Waals surface area contributed by atoms with Gasteiger partial charge >= 0.3 is 5.97 Å².